The van der Waals surface area contributed by atoms with Crippen molar-refractivity contribution in [3.05, 3.63) is 41.2 Å². The van der Waals surface area contributed by atoms with E-state index in [0.29, 0.717) is 29.2 Å². The Balaban J connectivity index is 0.000000956. The number of rotatable bonds is 2. The lowest BCUT2D eigenvalue weighted by atomic mass is 10.0. The highest BCUT2D eigenvalue weighted by molar-refractivity contribution is 6.15. The van der Waals surface area contributed by atoms with Crippen LogP contribution in [0.1, 0.15) is 32.8 Å². The summed E-state index contributed by atoms with van der Waals surface area (Å²) in [5.74, 6) is 0.356. The number of hydrogen-bond acceptors (Lipinski definition) is 5. The van der Waals surface area contributed by atoms with Gasteiger partial charge in [0.15, 0.2) is 0 Å². The molecule has 106 valence electrons. The molecule has 0 saturated carbocycles. The van der Waals surface area contributed by atoms with Gasteiger partial charge in [-0.25, -0.2) is 4.98 Å². The van der Waals surface area contributed by atoms with E-state index in [0.717, 1.165) is 11.3 Å². The molecule has 1 aromatic rings. The third-order valence-corrected chi connectivity index (χ3v) is 2.62. The number of pyridine rings is 1. The molecule has 2 heterocycles. The monoisotopic (exact) mass is 271 g/mol. The van der Waals surface area contributed by atoms with E-state index in [4.69, 9.17) is 16.9 Å². The van der Waals surface area contributed by atoms with Crippen molar-refractivity contribution < 1.29 is 0 Å². The van der Waals surface area contributed by atoms with Crippen LogP contribution in [0.5, 0.6) is 0 Å². The molecule has 5 nitrogen and oxygen atoms in total. The standard InChI is InChI=1S/C13H15N5.C2H6/c1-8-5-9(3-2-4-17-8)13(16)10-7-18-12(15)6-11(10)14;1-2/h3-7,16H,2H2,1H3,(H4,14,15,18);1-2H3. The number of nitrogens with one attached hydrogen (secondary N) is 1. The summed E-state index contributed by atoms with van der Waals surface area (Å²) in [6.07, 6.45) is 7.85. The Morgan fingerprint density at radius 3 is 2.65 bits per heavy atom. The predicted octanol–water partition coefficient (Wildman–Crippen LogP) is 2.94. The Morgan fingerprint density at radius 1 is 1.30 bits per heavy atom. The summed E-state index contributed by atoms with van der Waals surface area (Å²) in [4.78, 5) is 8.18. The summed E-state index contributed by atoms with van der Waals surface area (Å²) in [7, 11) is 0. The molecule has 5 heteroatoms. The van der Waals surface area contributed by atoms with Crippen molar-refractivity contribution in [1.82, 2.24) is 4.98 Å². The number of allylic oxidation sites excluding steroid dienone is 4. The number of nitrogens with two attached hydrogens (primary N) is 2. The number of aromatic nitrogens is 1. The summed E-state index contributed by atoms with van der Waals surface area (Å²) in [6, 6.07) is 1.56. The fourth-order valence-electron chi connectivity index (χ4n) is 1.72. The topological polar surface area (TPSA) is 101 Å². The van der Waals surface area contributed by atoms with Crippen LogP contribution >= 0.6 is 0 Å². The lowest BCUT2D eigenvalue weighted by Gasteiger charge is -2.08. The van der Waals surface area contributed by atoms with E-state index in [1.54, 1.807) is 6.07 Å². The normalized spacial score (nSPS) is 13.6. The van der Waals surface area contributed by atoms with Crippen molar-refractivity contribution >= 4 is 23.4 Å². The van der Waals surface area contributed by atoms with Crippen molar-refractivity contribution in [3.63, 3.8) is 0 Å². The zero-order valence-electron chi connectivity index (χ0n) is 12.1. The number of nitrogens with zero attached hydrogens (tertiary/aromatic N) is 2. The quantitative estimate of drug-likeness (QED) is 0.721. The molecule has 0 radical (unpaired) electrons. The number of hydrogen-bond donors (Lipinski definition) is 3. The van der Waals surface area contributed by atoms with Gasteiger partial charge in [0.25, 0.3) is 0 Å². The first kappa shape index (κ1) is 15.6. The summed E-state index contributed by atoms with van der Waals surface area (Å²) in [6.45, 7) is 5.90. The van der Waals surface area contributed by atoms with Gasteiger partial charge < -0.3 is 11.5 Å². The molecule has 20 heavy (non-hydrogen) atoms. The Morgan fingerprint density at radius 2 is 2.00 bits per heavy atom. The highest BCUT2D eigenvalue weighted by Gasteiger charge is 2.11. The molecule has 0 bridgehead atoms. The lowest BCUT2D eigenvalue weighted by Crippen LogP contribution is -2.08. The zero-order valence-corrected chi connectivity index (χ0v) is 12.1. The third-order valence-electron chi connectivity index (χ3n) is 2.62. The van der Waals surface area contributed by atoms with E-state index in [9.17, 15) is 0 Å². The molecule has 5 N–H and O–H groups in total. The minimum Gasteiger partial charge on any atom is -0.398 e. The van der Waals surface area contributed by atoms with E-state index >= 15 is 0 Å². The van der Waals surface area contributed by atoms with Crippen molar-refractivity contribution in [3.8, 4) is 0 Å². The first-order chi connectivity index (χ1) is 9.58. The van der Waals surface area contributed by atoms with Gasteiger partial charge in [-0.1, -0.05) is 19.9 Å². The predicted molar refractivity (Wildman–Crippen MR) is 86.2 cm³/mol. The summed E-state index contributed by atoms with van der Waals surface area (Å²) < 4.78 is 0. The Bertz CT molecular complexity index is 582. The Hall–Kier alpha value is -2.43. The summed E-state index contributed by atoms with van der Waals surface area (Å²) >= 11 is 0. The first-order valence-electron chi connectivity index (χ1n) is 6.59. The van der Waals surface area contributed by atoms with Crippen LogP contribution in [0, 0.1) is 5.41 Å². The fourth-order valence-corrected chi connectivity index (χ4v) is 1.72. The van der Waals surface area contributed by atoms with Crippen LogP contribution in [0.3, 0.4) is 0 Å². The van der Waals surface area contributed by atoms with Crippen LogP contribution in [0.25, 0.3) is 0 Å². The minimum atomic E-state index is 0.338. The summed E-state index contributed by atoms with van der Waals surface area (Å²) in [5, 5.41) is 8.19. The highest BCUT2D eigenvalue weighted by Crippen LogP contribution is 2.20. The van der Waals surface area contributed by atoms with Gasteiger partial charge in [-0.3, -0.25) is 10.4 Å². The maximum atomic E-state index is 8.19. The van der Waals surface area contributed by atoms with Crippen molar-refractivity contribution in [2.45, 2.75) is 27.2 Å². The number of aliphatic imine (C=N–C) groups is 1. The second kappa shape index (κ2) is 7.23. The van der Waals surface area contributed by atoms with Crippen molar-refractivity contribution in [2.24, 2.45) is 4.99 Å². The molecular weight excluding hydrogens is 250 g/mol. The number of nitrogen functional groups attached to an aromatic ring is 2. The molecule has 0 aliphatic carbocycles. The lowest BCUT2D eigenvalue weighted by molar-refractivity contribution is 1.30. The van der Waals surface area contributed by atoms with Crippen LogP contribution in [0.4, 0.5) is 11.5 Å². The first-order valence-corrected chi connectivity index (χ1v) is 6.59. The second-order valence-corrected chi connectivity index (χ2v) is 4.06. The van der Waals surface area contributed by atoms with Crippen LogP contribution in [-0.2, 0) is 0 Å². The van der Waals surface area contributed by atoms with Gasteiger partial charge in [-0.2, -0.15) is 0 Å². The fraction of sp³-hybridized carbons (Fsp3) is 0.267. The van der Waals surface area contributed by atoms with E-state index in [-0.39, 0.29) is 0 Å². The largest absolute Gasteiger partial charge is 0.398 e. The third kappa shape index (κ3) is 3.78. The Kier molecular flexibility index (Phi) is 5.65. The average Bonchev–Trinajstić information content (AvgIpc) is 2.65. The van der Waals surface area contributed by atoms with E-state index in [2.05, 4.69) is 9.98 Å². The molecule has 1 aromatic heterocycles. The molecule has 0 unspecified atom stereocenters. The van der Waals surface area contributed by atoms with E-state index in [1.165, 1.54) is 6.20 Å². The SMILES string of the molecule is CC.CC1=CC(C(=N)c2cnc(N)cc2N)=CCC=N1. The molecule has 0 fully saturated rings. The number of anilines is 2. The van der Waals surface area contributed by atoms with Gasteiger partial charge in [0.05, 0.1) is 5.71 Å². The average molecular weight is 271 g/mol. The van der Waals surface area contributed by atoms with Crippen molar-refractivity contribution in [1.29, 1.82) is 5.41 Å². The van der Waals surface area contributed by atoms with Gasteiger partial charge in [0.1, 0.15) is 5.82 Å². The molecule has 1 aliphatic rings. The molecular formula is C15H21N5. The molecule has 1 aliphatic heterocycles. The van der Waals surface area contributed by atoms with E-state index in [1.807, 2.05) is 39.1 Å². The Labute approximate surface area is 119 Å². The minimum absolute atomic E-state index is 0.338. The maximum Gasteiger partial charge on any atom is 0.125 e. The molecule has 2 rings (SSSR count). The molecule has 0 spiro atoms. The van der Waals surface area contributed by atoms with Crippen LogP contribution in [0.2, 0.25) is 0 Å². The van der Waals surface area contributed by atoms with Gasteiger partial charge in [0, 0.05) is 41.8 Å². The van der Waals surface area contributed by atoms with Crippen LogP contribution in [0.15, 0.2) is 40.7 Å². The van der Waals surface area contributed by atoms with Gasteiger partial charge >= 0.3 is 0 Å². The molecule has 0 saturated heterocycles. The van der Waals surface area contributed by atoms with Crippen LogP contribution < -0.4 is 11.5 Å². The second-order valence-electron chi connectivity index (χ2n) is 4.06. The molecule has 0 amide bonds. The van der Waals surface area contributed by atoms with Gasteiger partial charge in [0.2, 0.25) is 0 Å². The molecule has 0 aromatic carbocycles. The van der Waals surface area contributed by atoms with E-state index < -0.39 is 0 Å². The zero-order chi connectivity index (χ0) is 15.1. The van der Waals surface area contributed by atoms with Gasteiger partial charge in [-0.05, 0) is 18.6 Å². The summed E-state index contributed by atoms with van der Waals surface area (Å²) in [5.41, 5.74) is 14.5. The van der Waals surface area contributed by atoms with Crippen molar-refractivity contribution in [2.75, 3.05) is 11.5 Å². The van der Waals surface area contributed by atoms with Gasteiger partial charge in [-0.15, -0.1) is 0 Å². The smallest absolute Gasteiger partial charge is 0.125 e. The van der Waals surface area contributed by atoms with Crippen LogP contribution in [-0.4, -0.2) is 16.9 Å². The highest BCUT2D eigenvalue weighted by atomic mass is 14.8. The molecule has 0 atom stereocenters. The maximum absolute atomic E-state index is 8.19.